The zero-order valence-electron chi connectivity index (χ0n) is 16.6. The summed E-state index contributed by atoms with van der Waals surface area (Å²) in [5, 5.41) is 0. The van der Waals surface area contributed by atoms with E-state index in [-0.39, 0.29) is 29.7 Å². The van der Waals surface area contributed by atoms with Crippen LogP contribution in [-0.2, 0) is 19.0 Å². The smallest absolute Gasteiger partial charge is 0.330 e. The zero-order chi connectivity index (χ0) is 18.6. The summed E-state index contributed by atoms with van der Waals surface area (Å²) in [6.07, 6.45) is 14.8. The molecular formula is C22H36O4. The Morgan fingerprint density at radius 1 is 0.885 bits per heavy atom. The molecular weight excluding hydrogens is 328 g/mol. The molecule has 0 aromatic carbocycles. The molecule has 4 nitrogen and oxygen atoms in total. The van der Waals surface area contributed by atoms with Crippen LogP contribution < -0.4 is 0 Å². The van der Waals surface area contributed by atoms with Crippen molar-refractivity contribution in [2.24, 2.45) is 5.41 Å². The maximum atomic E-state index is 12.1. The lowest BCUT2D eigenvalue weighted by Gasteiger charge is -2.44. The summed E-state index contributed by atoms with van der Waals surface area (Å²) in [4.78, 5) is 12.1. The van der Waals surface area contributed by atoms with Crippen LogP contribution in [0.25, 0.3) is 0 Å². The van der Waals surface area contributed by atoms with Crippen LogP contribution >= 0.6 is 0 Å². The predicted octanol–water partition coefficient (Wildman–Crippen LogP) is 5.30. The molecule has 0 aliphatic heterocycles. The lowest BCUT2D eigenvalue weighted by atomic mass is 9.87. The maximum absolute atomic E-state index is 12.1. The van der Waals surface area contributed by atoms with E-state index >= 15 is 0 Å². The summed E-state index contributed by atoms with van der Waals surface area (Å²) < 4.78 is 19.3. The number of hydrogen-bond donors (Lipinski definition) is 0. The molecule has 3 saturated carbocycles. The van der Waals surface area contributed by atoms with Gasteiger partial charge in [0.1, 0.15) is 0 Å². The molecule has 0 N–H and O–H groups in total. The van der Waals surface area contributed by atoms with Gasteiger partial charge in [0.2, 0.25) is 5.79 Å². The Morgan fingerprint density at radius 2 is 1.38 bits per heavy atom. The van der Waals surface area contributed by atoms with Gasteiger partial charge in [0.25, 0.3) is 0 Å². The van der Waals surface area contributed by atoms with Gasteiger partial charge in [-0.3, -0.25) is 0 Å². The summed E-state index contributed by atoms with van der Waals surface area (Å²) in [6, 6.07) is 0. The van der Waals surface area contributed by atoms with Crippen LogP contribution in [0, 0.1) is 5.41 Å². The van der Waals surface area contributed by atoms with Gasteiger partial charge in [0.15, 0.2) is 6.10 Å². The summed E-state index contributed by atoms with van der Waals surface area (Å²) >= 11 is 0. The zero-order valence-corrected chi connectivity index (χ0v) is 16.6. The molecule has 3 rings (SSSR count). The molecule has 26 heavy (non-hydrogen) atoms. The van der Waals surface area contributed by atoms with Gasteiger partial charge < -0.3 is 14.2 Å². The van der Waals surface area contributed by atoms with Crippen molar-refractivity contribution in [3.63, 3.8) is 0 Å². The Bertz CT molecular complexity index is 466. The SMILES string of the molecule is C=CC(=O)OC1C(C)(C)CCC1(OC1CCCCC1)OC1CCCCC1. The van der Waals surface area contributed by atoms with Gasteiger partial charge >= 0.3 is 5.97 Å². The third-order valence-corrected chi connectivity index (χ3v) is 6.46. The van der Waals surface area contributed by atoms with Crippen LogP contribution in [0.1, 0.15) is 90.9 Å². The highest BCUT2D eigenvalue weighted by molar-refractivity contribution is 5.81. The first-order valence-electron chi connectivity index (χ1n) is 10.6. The van der Waals surface area contributed by atoms with E-state index < -0.39 is 5.79 Å². The Labute approximate surface area is 158 Å². The van der Waals surface area contributed by atoms with E-state index in [2.05, 4.69) is 20.4 Å². The number of ether oxygens (including phenoxy) is 3. The van der Waals surface area contributed by atoms with Crippen LogP contribution in [0.15, 0.2) is 12.7 Å². The lowest BCUT2D eigenvalue weighted by Crippen LogP contribution is -2.53. The molecule has 0 saturated heterocycles. The van der Waals surface area contributed by atoms with Crippen LogP contribution in [0.5, 0.6) is 0 Å². The molecule has 0 heterocycles. The Morgan fingerprint density at radius 3 is 1.85 bits per heavy atom. The van der Waals surface area contributed by atoms with Crippen LogP contribution in [0.4, 0.5) is 0 Å². The monoisotopic (exact) mass is 364 g/mol. The summed E-state index contributed by atoms with van der Waals surface area (Å²) in [5.41, 5.74) is -0.165. The largest absolute Gasteiger partial charge is 0.453 e. The molecule has 0 bridgehead atoms. The van der Waals surface area contributed by atoms with E-state index in [9.17, 15) is 4.79 Å². The fourth-order valence-electron chi connectivity index (χ4n) is 4.97. The molecule has 0 spiro atoms. The average molecular weight is 365 g/mol. The van der Waals surface area contributed by atoms with E-state index in [4.69, 9.17) is 14.2 Å². The van der Waals surface area contributed by atoms with Gasteiger partial charge in [-0.2, -0.15) is 0 Å². The number of carbonyl (C=O) groups excluding carboxylic acids is 1. The predicted molar refractivity (Wildman–Crippen MR) is 102 cm³/mol. The third kappa shape index (κ3) is 4.51. The summed E-state index contributed by atoms with van der Waals surface area (Å²) in [6.45, 7) is 7.89. The minimum absolute atomic E-state index is 0.165. The molecule has 1 unspecified atom stereocenters. The number of carbonyl (C=O) groups is 1. The normalized spacial score (nSPS) is 29.4. The fourth-order valence-corrected chi connectivity index (χ4v) is 4.97. The molecule has 4 heteroatoms. The quantitative estimate of drug-likeness (QED) is 0.364. The second-order valence-corrected chi connectivity index (χ2v) is 9.08. The van der Waals surface area contributed by atoms with Crippen molar-refractivity contribution in [3.05, 3.63) is 12.7 Å². The van der Waals surface area contributed by atoms with Crippen molar-refractivity contribution in [1.82, 2.24) is 0 Å². The minimum atomic E-state index is -0.799. The highest BCUT2D eigenvalue weighted by atomic mass is 16.7. The van der Waals surface area contributed by atoms with Crippen LogP contribution in [0.3, 0.4) is 0 Å². The summed E-state index contributed by atoms with van der Waals surface area (Å²) in [7, 11) is 0. The third-order valence-electron chi connectivity index (χ3n) is 6.46. The first-order chi connectivity index (χ1) is 12.5. The van der Waals surface area contributed by atoms with Gasteiger partial charge in [-0.05, 0) is 32.1 Å². The van der Waals surface area contributed by atoms with Crippen molar-refractivity contribution in [1.29, 1.82) is 0 Å². The number of hydrogen-bond acceptors (Lipinski definition) is 4. The van der Waals surface area contributed by atoms with Gasteiger partial charge in [-0.15, -0.1) is 0 Å². The van der Waals surface area contributed by atoms with Crippen molar-refractivity contribution >= 4 is 5.97 Å². The molecule has 3 aliphatic rings. The van der Waals surface area contributed by atoms with Crippen molar-refractivity contribution in [2.45, 2.75) is 115 Å². The lowest BCUT2D eigenvalue weighted by molar-refractivity contribution is -0.321. The van der Waals surface area contributed by atoms with Gasteiger partial charge in [0.05, 0.1) is 12.2 Å². The van der Waals surface area contributed by atoms with E-state index in [0.717, 1.165) is 38.5 Å². The van der Waals surface area contributed by atoms with Gasteiger partial charge in [-0.1, -0.05) is 59.0 Å². The summed E-state index contributed by atoms with van der Waals surface area (Å²) in [5.74, 6) is -1.18. The highest BCUT2D eigenvalue weighted by Crippen LogP contribution is 2.51. The minimum Gasteiger partial charge on any atom is -0.453 e. The molecule has 3 fully saturated rings. The van der Waals surface area contributed by atoms with Crippen molar-refractivity contribution in [3.8, 4) is 0 Å². The van der Waals surface area contributed by atoms with E-state index in [1.54, 1.807) is 0 Å². The Hall–Kier alpha value is -0.870. The molecule has 0 amide bonds. The Kier molecular flexibility index (Phi) is 6.45. The average Bonchev–Trinajstić information content (AvgIpc) is 2.88. The van der Waals surface area contributed by atoms with Crippen molar-refractivity contribution in [2.75, 3.05) is 0 Å². The first-order valence-corrected chi connectivity index (χ1v) is 10.6. The molecule has 0 aromatic rings. The van der Waals surface area contributed by atoms with E-state index in [0.29, 0.717) is 0 Å². The van der Waals surface area contributed by atoms with Crippen molar-refractivity contribution < 1.29 is 19.0 Å². The Balaban J connectivity index is 1.83. The highest BCUT2D eigenvalue weighted by Gasteiger charge is 2.59. The number of rotatable bonds is 6. The topological polar surface area (TPSA) is 44.8 Å². The standard InChI is InChI=1S/C22H36O4/c1-4-19(23)24-20-21(2,3)15-16-22(20,25-17-11-7-5-8-12-17)26-18-13-9-6-10-14-18/h4,17-18,20H,1,5-16H2,2-3H3. The van der Waals surface area contributed by atoms with Crippen LogP contribution in [0.2, 0.25) is 0 Å². The van der Waals surface area contributed by atoms with E-state index in [1.807, 2.05) is 0 Å². The maximum Gasteiger partial charge on any atom is 0.330 e. The molecule has 0 aromatic heterocycles. The fraction of sp³-hybridized carbons (Fsp3) is 0.864. The van der Waals surface area contributed by atoms with Crippen LogP contribution in [-0.4, -0.2) is 30.1 Å². The molecule has 1 atom stereocenters. The van der Waals surface area contributed by atoms with E-state index in [1.165, 1.54) is 44.6 Å². The van der Waals surface area contributed by atoms with Gasteiger partial charge in [-0.25, -0.2) is 4.79 Å². The second kappa shape index (κ2) is 8.43. The molecule has 0 radical (unpaired) electrons. The first kappa shape index (κ1) is 19.9. The molecule has 148 valence electrons. The second-order valence-electron chi connectivity index (χ2n) is 9.08. The number of esters is 1. The van der Waals surface area contributed by atoms with Gasteiger partial charge in [0, 0.05) is 17.9 Å². The molecule has 3 aliphatic carbocycles.